The van der Waals surface area contributed by atoms with Gasteiger partial charge in [-0.3, -0.25) is 9.78 Å². The number of benzene rings is 2. The summed E-state index contributed by atoms with van der Waals surface area (Å²) < 4.78 is 1.09. The Morgan fingerprint density at radius 2 is 1.72 bits per heavy atom. The molecular weight excluding hydrogens is 422 g/mol. The number of carbonyl (C=O) groups is 1. The van der Waals surface area contributed by atoms with E-state index in [0.717, 1.165) is 33.3 Å². The average molecular weight is 450 g/mol. The molecule has 0 aliphatic heterocycles. The predicted molar refractivity (Wildman–Crippen MR) is 124 cm³/mol. The van der Waals surface area contributed by atoms with Crippen molar-refractivity contribution in [1.82, 2.24) is 4.98 Å². The van der Waals surface area contributed by atoms with Crippen LogP contribution in [0.25, 0.3) is 11.1 Å². The summed E-state index contributed by atoms with van der Waals surface area (Å²) in [5.74, 6) is 1.08. The van der Waals surface area contributed by atoms with Crippen LogP contribution in [-0.2, 0) is 11.2 Å². The lowest BCUT2D eigenvalue weighted by Gasteiger charge is -2.20. The second-order valence-electron chi connectivity index (χ2n) is 8.15. The zero-order valence-electron chi connectivity index (χ0n) is 17.4. The van der Waals surface area contributed by atoms with Crippen LogP contribution in [0.2, 0.25) is 0 Å². The van der Waals surface area contributed by atoms with Crippen LogP contribution in [0.4, 0.5) is 0 Å². The number of hydrogen-bond donors (Lipinski definition) is 0. The van der Waals surface area contributed by atoms with E-state index in [-0.39, 0.29) is 5.92 Å². The lowest BCUT2D eigenvalue weighted by Crippen LogP contribution is -2.12. The highest BCUT2D eigenvalue weighted by molar-refractivity contribution is 9.10. The Hall–Kier alpha value is -2.26. The van der Waals surface area contributed by atoms with Gasteiger partial charge in [-0.05, 0) is 65.6 Å². The average Bonchev–Trinajstić information content (AvgIpc) is 2.68. The van der Waals surface area contributed by atoms with Crippen molar-refractivity contribution >= 4 is 21.7 Å². The van der Waals surface area contributed by atoms with Crippen molar-refractivity contribution in [3.8, 4) is 11.1 Å². The fraction of sp³-hybridized carbons (Fsp3) is 0.308. The minimum absolute atomic E-state index is 0.247. The van der Waals surface area contributed by atoms with Crippen LogP contribution in [0.1, 0.15) is 49.4 Å². The van der Waals surface area contributed by atoms with E-state index in [9.17, 15) is 4.79 Å². The molecule has 2 aromatic carbocycles. The van der Waals surface area contributed by atoms with Crippen LogP contribution in [0, 0.1) is 12.8 Å². The Morgan fingerprint density at radius 3 is 2.38 bits per heavy atom. The van der Waals surface area contributed by atoms with Crippen LogP contribution in [0.15, 0.2) is 71.3 Å². The Morgan fingerprint density at radius 1 is 1.00 bits per heavy atom. The lowest BCUT2D eigenvalue weighted by atomic mass is 9.85. The van der Waals surface area contributed by atoms with E-state index in [1.807, 2.05) is 25.3 Å². The van der Waals surface area contributed by atoms with Gasteiger partial charge >= 0.3 is 0 Å². The summed E-state index contributed by atoms with van der Waals surface area (Å²) in [4.78, 5) is 17.1. The molecule has 0 N–H and O–H groups in total. The predicted octanol–water partition coefficient (Wildman–Crippen LogP) is 7.15. The number of Topliss-reactive ketones (excluding diaryl/α,β-unsaturated/α-hetero) is 1. The fourth-order valence-electron chi connectivity index (χ4n) is 3.81. The van der Waals surface area contributed by atoms with Crippen LogP contribution in [0.5, 0.6) is 0 Å². The summed E-state index contributed by atoms with van der Waals surface area (Å²) >= 11 is 3.66. The smallest absolute Gasteiger partial charge is 0.137 e. The van der Waals surface area contributed by atoms with Gasteiger partial charge in [-0.2, -0.15) is 0 Å². The van der Waals surface area contributed by atoms with Gasteiger partial charge in [-0.25, -0.2) is 0 Å². The molecule has 0 spiro atoms. The molecule has 0 aliphatic carbocycles. The number of hydrogen-bond acceptors (Lipinski definition) is 2. The summed E-state index contributed by atoms with van der Waals surface area (Å²) in [5, 5.41) is 0. The van der Waals surface area contributed by atoms with Crippen LogP contribution in [-0.4, -0.2) is 10.8 Å². The maximum absolute atomic E-state index is 12.9. The van der Waals surface area contributed by atoms with Gasteiger partial charge in [0.15, 0.2) is 0 Å². The number of halogens is 1. The van der Waals surface area contributed by atoms with Crippen molar-refractivity contribution in [2.75, 3.05) is 0 Å². The van der Waals surface area contributed by atoms with E-state index >= 15 is 0 Å². The molecule has 0 saturated heterocycles. The number of carbonyl (C=O) groups excluding carboxylic acids is 1. The third-order valence-electron chi connectivity index (χ3n) is 5.16. The van der Waals surface area contributed by atoms with Gasteiger partial charge in [0.2, 0.25) is 0 Å². The van der Waals surface area contributed by atoms with E-state index in [2.05, 4.69) is 83.3 Å². The first kappa shape index (κ1) is 21.4. The number of aromatic nitrogens is 1. The first-order valence-electron chi connectivity index (χ1n) is 10.2. The molecule has 1 aromatic heterocycles. The van der Waals surface area contributed by atoms with Crippen molar-refractivity contribution in [2.45, 2.75) is 46.0 Å². The van der Waals surface area contributed by atoms with E-state index < -0.39 is 0 Å². The first-order chi connectivity index (χ1) is 13.9. The molecule has 3 aromatic rings. The molecule has 0 saturated carbocycles. The lowest BCUT2D eigenvalue weighted by molar-refractivity contribution is -0.118. The van der Waals surface area contributed by atoms with Gasteiger partial charge in [-0.15, -0.1) is 0 Å². The highest BCUT2D eigenvalue weighted by Gasteiger charge is 2.19. The monoisotopic (exact) mass is 449 g/mol. The molecule has 3 heteroatoms. The number of nitrogens with zero attached hydrogens (tertiary/aromatic N) is 1. The molecule has 29 heavy (non-hydrogen) atoms. The number of pyridine rings is 1. The standard InChI is InChI=1S/C26H28BrNO/c1-18(2)14-23(25-6-4-5-7-26(25)27)17-24(29)16-20-8-10-21(11-9-20)22-12-13-28-19(3)15-22/h4-13,15,18,23H,14,16-17H2,1-3H3. The van der Waals surface area contributed by atoms with Gasteiger partial charge in [0.1, 0.15) is 5.78 Å². The molecule has 1 atom stereocenters. The minimum atomic E-state index is 0.247. The Kier molecular flexibility index (Phi) is 7.38. The fourth-order valence-corrected chi connectivity index (χ4v) is 4.42. The normalized spacial score (nSPS) is 12.2. The molecule has 1 unspecified atom stereocenters. The first-order valence-corrected chi connectivity index (χ1v) is 11.0. The molecule has 0 aliphatic rings. The maximum atomic E-state index is 12.9. The maximum Gasteiger partial charge on any atom is 0.137 e. The van der Waals surface area contributed by atoms with Gasteiger partial charge in [0.05, 0.1) is 0 Å². The van der Waals surface area contributed by atoms with Crippen molar-refractivity contribution in [2.24, 2.45) is 5.92 Å². The zero-order valence-corrected chi connectivity index (χ0v) is 18.9. The molecule has 2 nitrogen and oxygen atoms in total. The Labute approximate surface area is 182 Å². The van der Waals surface area contributed by atoms with E-state index in [1.54, 1.807) is 0 Å². The summed E-state index contributed by atoms with van der Waals surface area (Å²) in [6.07, 6.45) is 3.90. The number of aryl methyl sites for hydroxylation is 1. The second kappa shape index (κ2) is 9.98. The molecule has 0 radical (unpaired) electrons. The van der Waals surface area contributed by atoms with Crippen LogP contribution in [0.3, 0.4) is 0 Å². The topological polar surface area (TPSA) is 30.0 Å². The largest absolute Gasteiger partial charge is 0.299 e. The summed E-state index contributed by atoms with van der Waals surface area (Å²) in [6.45, 7) is 6.43. The quantitative estimate of drug-likeness (QED) is 0.365. The number of rotatable bonds is 8. The van der Waals surface area contributed by atoms with Crippen LogP contribution >= 0.6 is 15.9 Å². The summed E-state index contributed by atoms with van der Waals surface area (Å²) in [5.41, 5.74) is 5.61. The molecular formula is C26H28BrNO. The Balaban J connectivity index is 1.69. The van der Waals surface area contributed by atoms with Gasteiger partial charge in [0, 0.05) is 29.2 Å². The van der Waals surface area contributed by atoms with Crippen molar-refractivity contribution in [3.05, 3.63) is 88.2 Å². The minimum Gasteiger partial charge on any atom is -0.299 e. The molecule has 0 amide bonds. The van der Waals surface area contributed by atoms with E-state index in [4.69, 9.17) is 0 Å². The molecule has 1 heterocycles. The second-order valence-corrected chi connectivity index (χ2v) is 9.00. The SMILES string of the molecule is Cc1cc(-c2ccc(CC(=O)CC(CC(C)C)c3ccccc3Br)cc2)ccn1. The number of ketones is 1. The van der Waals surface area contributed by atoms with Gasteiger partial charge in [-0.1, -0.05) is 72.2 Å². The molecule has 3 rings (SSSR count). The summed E-state index contributed by atoms with van der Waals surface area (Å²) in [6, 6.07) is 20.7. The van der Waals surface area contributed by atoms with Crippen molar-refractivity contribution < 1.29 is 4.79 Å². The highest BCUT2D eigenvalue weighted by atomic mass is 79.9. The van der Waals surface area contributed by atoms with Gasteiger partial charge < -0.3 is 0 Å². The zero-order chi connectivity index (χ0) is 20.8. The highest BCUT2D eigenvalue weighted by Crippen LogP contribution is 2.33. The molecule has 150 valence electrons. The summed E-state index contributed by atoms with van der Waals surface area (Å²) in [7, 11) is 0. The van der Waals surface area contributed by atoms with Crippen molar-refractivity contribution in [3.63, 3.8) is 0 Å². The third kappa shape index (κ3) is 6.11. The molecule has 0 bridgehead atoms. The van der Waals surface area contributed by atoms with Gasteiger partial charge in [0.25, 0.3) is 0 Å². The Bertz CT molecular complexity index is 962. The van der Waals surface area contributed by atoms with E-state index in [1.165, 1.54) is 5.56 Å². The van der Waals surface area contributed by atoms with Crippen molar-refractivity contribution in [1.29, 1.82) is 0 Å². The van der Waals surface area contributed by atoms with E-state index in [0.29, 0.717) is 24.5 Å². The van der Waals surface area contributed by atoms with Crippen LogP contribution < -0.4 is 0 Å². The molecule has 0 fully saturated rings. The third-order valence-corrected chi connectivity index (χ3v) is 5.88.